The van der Waals surface area contributed by atoms with Crippen molar-refractivity contribution in [2.75, 3.05) is 0 Å². The summed E-state index contributed by atoms with van der Waals surface area (Å²) in [6, 6.07) is 0. The number of carboxylic acids is 2. The molecule has 0 aromatic carbocycles. The minimum atomic E-state index is -1.17. The summed E-state index contributed by atoms with van der Waals surface area (Å²) in [5, 5.41) is 19.1. The van der Waals surface area contributed by atoms with Crippen molar-refractivity contribution >= 4 is 23.7 Å². The molecule has 5 rings (SSSR count). The topological polar surface area (TPSA) is 118 Å². The van der Waals surface area contributed by atoms with Crippen molar-refractivity contribution in [2.45, 2.75) is 133 Å². The predicted octanol–water partition coefficient (Wildman–Crippen LogP) is 8.02. The molecule has 0 unspecified atom stereocenters. The first-order valence-electron chi connectivity index (χ1n) is 17.3. The van der Waals surface area contributed by atoms with Gasteiger partial charge in [-0.15, -0.1) is 0 Å². The highest BCUT2D eigenvalue weighted by Gasteiger charge is 2.70. The Morgan fingerprint density at radius 1 is 0.911 bits per heavy atom. The smallest absolute Gasteiger partial charge is 0.328 e. The van der Waals surface area contributed by atoms with E-state index in [2.05, 4.69) is 48.5 Å². The molecule has 0 aromatic rings. The summed E-state index contributed by atoms with van der Waals surface area (Å²) in [5.41, 5.74) is 0.411. The van der Waals surface area contributed by atoms with E-state index in [-0.39, 0.29) is 51.8 Å². The Hall–Kier alpha value is -2.44. The molecule has 0 heterocycles. The average Bonchev–Trinajstić information content (AvgIpc) is 3.21. The number of rotatable bonds is 7. The minimum Gasteiger partial charge on any atom is -0.481 e. The average molecular weight is 625 g/mol. The quantitative estimate of drug-likeness (QED) is 0.217. The Labute approximate surface area is 269 Å². The molecular weight excluding hydrogens is 568 g/mol. The molecule has 4 saturated carbocycles. The van der Waals surface area contributed by atoms with E-state index in [0.29, 0.717) is 18.3 Å². The summed E-state index contributed by atoms with van der Waals surface area (Å²) >= 11 is 0. The Bertz CT molecular complexity index is 1350. The zero-order valence-electron chi connectivity index (χ0n) is 29.0. The van der Waals surface area contributed by atoms with Crippen LogP contribution in [-0.4, -0.2) is 40.0 Å². The maximum atomic E-state index is 13.6. The number of ether oxygens (including phenoxy) is 1. The van der Waals surface area contributed by atoms with Crippen LogP contribution in [0.1, 0.15) is 127 Å². The zero-order valence-corrected chi connectivity index (χ0v) is 29.0. The van der Waals surface area contributed by atoms with Crippen LogP contribution in [0.25, 0.3) is 0 Å². The molecule has 5 aliphatic rings. The maximum absolute atomic E-state index is 13.6. The van der Waals surface area contributed by atoms with Gasteiger partial charge in [-0.3, -0.25) is 14.4 Å². The molecule has 250 valence electrons. The van der Waals surface area contributed by atoms with E-state index in [1.807, 2.05) is 6.08 Å². The number of ketones is 1. The number of carboxylic acid groups (broad SMARTS) is 2. The molecule has 7 nitrogen and oxygen atoms in total. The van der Waals surface area contributed by atoms with Crippen LogP contribution >= 0.6 is 0 Å². The van der Waals surface area contributed by atoms with Crippen molar-refractivity contribution in [1.29, 1.82) is 0 Å². The summed E-state index contributed by atoms with van der Waals surface area (Å²) < 4.78 is 6.11. The Balaban J connectivity index is 1.46. The molecule has 0 saturated heterocycles. The molecule has 5 aliphatic carbocycles. The van der Waals surface area contributed by atoms with Crippen LogP contribution in [0, 0.1) is 56.2 Å². The van der Waals surface area contributed by atoms with E-state index in [4.69, 9.17) is 4.74 Å². The standard InChI is InChI=1S/C38H56O7/c1-22(2)30-24(39)20-38(17-14-28(40)41)19-18-36(8)23(31(30)38)10-11-26-35(7)15-13-27(45-29(42)21-33(3,4)32(43)44)34(5,6)25(35)12-16-37(26,36)9/h14,17,22-23,25-27H,10-13,15-16,18-21H2,1-9H3,(H,40,41)(H,43,44)/t23-,25+,26-,27+,35+,36-,37-,38+/m1/s1. The van der Waals surface area contributed by atoms with Gasteiger partial charge in [0.15, 0.2) is 5.78 Å². The largest absolute Gasteiger partial charge is 0.481 e. The van der Waals surface area contributed by atoms with Gasteiger partial charge in [0.1, 0.15) is 6.10 Å². The minimum absolute atomic E-state index is 0.0135. The van der Waals surface area contributed by atoms with Crippen molar-refractivity contribution in [3.8, 4) is 0 Å². The Morgan fingerprint density at radius 2 is 1.58 bits per heavy atom. The summed E-state index contributed by atoms with van der Waals surface area (Å²) in [6.07, 6.45) is 10.8. The number of esters is 1. The Morgan fingerprint density at radius 3 is 2.18 bits per heavy atom. The zero-order chi connectivity index (χ0) is 33.5. The van der Waals surface area contributed by atoms with Gasteiger partial charge in [-0.25, -0.2) is 4.79 Å². The molecule has 0 spiro atoms. The molecule has 0 aromatic heterocycles. The lowest BCUT2D eigenvalue weighted by Gasteiger charge is -2.72. The Kier molecular flexibility index (Phi) is 8.14. The van der Waals surface area contributed by atoms with Gasteiger partial charge in [0, 0.05) is 23.3 Å². The maximum Gasteiger partial charge on any atom is 0.328 e. The van der Waals surface area contributed by atoms with Crippen LogP contribution in [0.3, 0.4) is 0 Å². The molecule has 0 amide bonds. The van der Waals surface area contributed by atoms with Crippen LogP contribution < -0.4 is 0 Å². The van der Waals surface area contributed by atoms with Gasteiger partial charge in [0.25, 0.3) is 0 Å². The first-order chi connectivity index (χ1) is 20.7. The highest BCUT2D eigenvalue weighted by Crippen LogP contribution is 2.76. The van der Waals surface area contributed by atoms with Crippen LogP contribution in [-0.2, 0) is 23.9 Å². The molecule has 7 heteroatoms. The van der Waals surface area contributed by atoms with Gasteiger partial charge in [-0.05, 0) is 116 Å². The molecular formula is C38H56O7. The van der Waals surface area contributed by atoms with E-state index >= 15 is 0 Å². The van der Waals surface area contributed by atoms with Gasteiger partial charge < -0.3 is 14.9 Å². The van der Waals surface area contributed by atoms with Crippen molar-refractivity contribution in [1.82, 2.24) is 0 Å². The first kappa shape index (κ1) is 33.9. The third-order valence-corrected chi connectivity index (χ3v) is 14.4. The molecule has 0 radical (unpaired) electrons. The number of aliphatic carboxylic acids is 2. The number of fused-ring (bicyclic) bond motifs is 7. The number of Topliss-reactive ketones (excluding diaryl/α,β-unsaturated/α-hetero) is 1. The van der Waals surface area contributed by atoms with E-state index < -0.39 is 28.7 Å². The van der Waals surface area contributed by atoms with Crippen LogP contribution in [0.5, 0.6) is 0 Å². The van der Waals surface area contributed by atoms with Gasteiger partial charge in [0.05, 0.1) is 11.8 Å². The summed E-state index contributed by atoms with van der Waals surface area (Å²) in [4.78, 5) is 49.9. The third kappa shape index (κ3) is 4.96. The fourth-order valence-corrected chi connectivity index (χ4v) is 11.9. The fraction of sp³-hybridized carbons (Fsp3) is 0.789. The van der Waals surface area contributed by atoms with E-state index in [1.165, 1.54) is 11.6 Å². The lowest BCUT2D eigenvalue weighted by atomic mass is 9.33. The normalized spacial score (nSPS) is 40.9. The highest BCUT2D eigenvalue weighted by atomic mass is 16.5. The van der Waals surface area contributed by atoms with Gasteiger partial charge in [0.2, 0.25) is 0 Å². The molecule has 0 bridgehead atoms. The van der Waals surface area contributed by atoms with Crippen LogP contribution in [0.15, 0.2) is 23.3 Å². The lowest BCUT2D eigenvalue weighted by molar-refractivity contribution is -0.232. The van der Waals surface area contributed by atoms with Gasteiger partial charge in [-0.1, -0.05) is 54.5 Å². The number of hydrogen-bond acceptors (Lipinski definition) is 5. The second-order valence-corrected chi connectivity index (χ2v) is 17.7. The lowest BCUT2D eigenvalue weighted by Crippen LogP contribution is -2.65. The van der Waals surface area contributed by atoms with E-state index in [1.54, 1.807) is 13.8 Å². The van der Waals surface area contributed by atoms with E-state index in [0.717, 1.165) is 56.9 Å². The van der Waals surface area contributed by atoms with Crippen molar-refractivity contribution < 1.29 is 34.1 Å². The third-order valence-electron chi connectivity index (χ3n) is 14.4. The SMILES string of the molecule is CC(C)C1=C2[C@H]3CC[C@@H]4[C@@]5(C)CC[C@H](OC(=O)CC(C)(C)C(=O)O)C(C)(C)[C@@H]5CC[C@@]4(C)[C@]3(C)CC[C@@]2(C=CC(=O)O)CC1=O. The van der Waals surface area contributed by atoms with Crippen molar-refractivity contribution in [3.63, 3.8) is 0 Å². The van der Waals surface area contributed by atoms with Crippen molar-refractivity contribution in [2.24, 2.45) is 56.2 Å². The van der Waals surface area contributed by atoms with Gasteiger partial charge in [-0.2, -0.15) is 0 Å². The molecule has 0 aliphatic heterocycles. The number of carbonyl (C=O) groups is 4. The monoisotopic (exact) mass is 624 g/mol. The second kappa shape index (κ2) is 10.8. The van der Waals surface area contributed by atoms with Crippen LogP contribution in [0.4, 0.5) is 0 Å². The number of hydrogen-bond donors (Lipinski definition) is 2. The van der Waals surface area contributed by atoms with E-state index in [9.17, 15) is 29.4 Å². The molecule has 45 heavy (non-hydrogen) atoms. The number of allylic oxidation sites excluding steroid dienone is 3. The fourth-order valence-electron chi connectivity index (χ4n) is 11.9. The summed E-state index contributed by atoms with van der Waals surface area (Å²) in [6.45, 7) is 19.3. The predicted molar refractivity (Wildman–Crippen MR) is 172 cm³/mol. The molecule has 8 atom stereocenters. The summed E-state index contributed by atoms with van der Waals surface area (Å²) in [7, 11) is 0. The summed E-state index contributed by atoms with van der Waals surface area (Å²) in [5.74, 6) is -0.993. The van der Waals surface area contributed by atoms with Crippen molar-refractivity contribution in [3.05, 3.63) is 23.3 Å². The molecule has 2 N–H and O–H groups in total. The van der Waals surface area contributed by atoms with Crippen LogP contribution in [0.2, 0.25) is 0 Å². The molecule has 4 fully saturated rings. The second-order valence-electron chi connectivity index (χ2n) is 17.7. The van der Waals surface area contributed by atoms with Gasteiger partial charge >= 0.3 is 17.9 Å². The first-order valence-corrected chi connectivity index (χ1v) is 17.3. The highest BCUT2D eigenvalue weighted by molar-refractivity contribution is 6.01. The number of carbonyl (C=O) groups excluding carboxylic acids is 2.